The second kappa shape index (κ2) is 12.8. The van der Waals surface area contributed by atoms with Gasteiger partial charge in [-0.25, -0.2) is 4.98 Å². The molecule has 3 aromatic rings. The Hall–Kier alpha value is -2.33. The molecular formula is C25H34IN5O2. The van der Waals surface area contributed by atoms with Crippen molar-refractivity contribution in [3.63, 3.8) is 0 Å². The number of aliphatic imine (C=N–C) groups is 1. The van der Waals surface area contributed by atoms with E-state index in [4.69, 9.17) is 8.83 Å². The second-order valence-corrected chi connectivity index (χ2v) is 8.27. The van der Waals surface area contributed by atoms with Crippen LogP contribution in [0.1, 0.15) is 42.3 Å². The predicted molar refractivity (Wildman–Crippen MR) is 142 cm³/mol. The van der Waals surface area contributed by atoms with Gasteiger partial charge in [-0.15, -0.1) is 24.0 Å². The van der Waals surface area contributed by atoms with Crippen LogP contribution in [0, 0.1) is 6.92 Å². The van der Waals surface area contributed by atoms with Crippen LogP contribution in [0.15, 0.2) is 62.8 Å². The number of nitrogens with one attached hydrogen (secondary N) is 2. The fourth-order valence-corrected chi connectivity index (χ4v) is 4.09. The number of rotatable bonds is 8. The zero-order chi connectivity index (χ0) is 22.2. The molecule has 1 aromatic carbocycles. The lowest BCUT2D eigenvalue weighted by Crippen LogP contribution is -2.44. The Labute approximate surface area is 213 Å². The summed E-state index contributed by atoms with van der Waals surface area (Å²) in [5.74, 6) is 2.44. The molecule has 0 amide bonds. The highest BCUT2D eigenvalue weighted by Crippen LogP contribution is 2.24. The Morgan fingerprint density at radius 2 is 1.88 bits per heavy atom. The van der Waals surface area contributed by atoms with Crippen molar-refractivity contribution in [1.29, 1.82) is 0 Å². The van der Waals surface area contributed by atoms with Crippen LogP contribution < -0.4 is 10.6 Å². The Balaban J connectivity index is 0.00000306. The van der Waals surface area contributed by atoms with Crippen LogP contribution in [0.4, 0.5) is 0 Å². The molecule has 7 nitrogen and oxygen atoms in total. The third kappa shape index (κ3) is 7.07. The van der Waals surface area contributed by atoms with E-state index >= 15 is 0 Å². The van der Waals surface area contributed by atoms with E-state index in [0.717, 1.165) is 49.0 Å². The average molecular weight is 563 g/mol. The molecule has 1 aliphatic rings. The number of hydrogen-bond donors (Lipinski definition) is 2. The molecule has 0 radical (unpaired) electrons. The summed E-state index contributed by atoms with van der Waals surface area (Å²) >= 11 is 0. The number of nitrogens with zero attached hydrogens (tertiary/aromatic N) is 3. The quantitative estimate of drug-likeness (QED) is 0.233. The van der Waals surface area contributed by atoms with E-state index < -0.39 is 0 Å². The van der Waals surface area contributed by atoms with Crippen molar-refractivity contribution in [2.45, 2.75) is 38.6 Å². The number of hydrogen-bond acceptors (Lipinski definition) is 5. The molecule has 1 fully saturated rings. The normalized spacial score (nSPS) is 15.6. The Kier molecular flexibility index (Phi) is 9.80. The van der Waals surface area contributed by atoms with Crippen molar-refractivity contribution < 1.29 is 8.83 Å². The number of aryl methyl sites for hydroxylation is 1. The SMILES string of the molecule is CN=C(NCCc1coc(-c2ccc(C)cc2)n1)NCC(c1ccco1)N1CCCCC1.I. The van der Waals surface area contributed by atoms with Crippen molar-refractivity contribution in [3.05, 3.63) is 65.9 Å². The molecule has 0 spiro atoms. The summed E-state index contributed by atoms with van der Waals surface area (Å²) in [4.78, 5) is 11.5. The summed E-state index contributed by atoms with van der Waals surface area (Å²) < 4.78 is 11.4. The maximum absolute atomic E-state index is 5.74. The van der Waals surface area contributed by atoms with E-state index in [1.165, 1.54) is 24.8 Å². The van der Waals surface area contributed by atoms with Gasteiger partial charge < -0.3 is 19.5 Å². The lowest BCUT2D eigenvalue weighted by Gasteiger charge is -2.33. The van der Waals surface area contributed by atoms with E-state index in [2.05, 4.69) is 50.6 Å². The van der Waals surface area contributed by atoms with Gasteiger partial charge >= 0.3 is 0 Å². The summed E-state index contributed by atoms with van der Waals surface area (Å²) in [5, 5.41) is 6.86. The van der Waals surface area contributed by atoms with E-state index in [1.807, 2.05) is 18.2 Å². The van der Waals surface area contributed by atoms with Crippen LogP contribution in [0.3, 0.4) is 0 Å². The molecule has 178 valence electrons. The van der Waals surface area contributed by atoms with Gasteiger partial charge in [-0.2, -0.15) is 0 Å². The molecule has 1 aliphatic heterocycles. The molecule has 1 saturated heterocycles. The van der Waals surface area contributed by atoms with Gasteiger partial charge in [0, 0.05) is 32.1 Å². The highest BCUT2D eigenvalue weighted by atomic mass is 127. The first-order valence-corrected chi connectivity index (χ1v) is 11.5. The minimum absolute atomic E-state index is 0. The number of oxazole rings is 1. The summed E-state index contributed by atoms with van der Waals surface area (Å²) in [6.45, 7) is 5.74. The second-order valence-electron chi connectivity index (χ2n) is 8.27. The minimum Gasteiger partial charge on any atom is -0.468 e. The largest absolute Gasteiger partial charge is 0.468 e. The van der Waals surface area contributed by atoms with Gasteiger partial charge in [-0.3, -0.25) is 9.89 Å². The molecule has 2 aromatic heterocycles. The summed E-state index contributed by atoms with van der Waals surface area (Å²) in [7, 11) is 1.80. The number of piperidine rings is 1. The number of aromatic nitrogens is 1. The fourth-order valence-electron chi connectivity index (χ4n) is 4.09. The van der Waals surface area contributed by atoms with Gasteiger partial charge in [0.1, 0.15) is 12.0 Å². The van der Waals surface area contributed by atoms with Gasteiger partial charge in [0.15, 0.2) is 5.96 Å². The molecule has 33 heavy (non-hydrogen) atoms. The van der Waals surface area contributed by atoms with E-state index in [-0.39, 0.29) is 30.0 Å². The number of furan rings is 1. The Bertz CT molecular complexity index is 979. The molecule has 1 unspecified atom stereocenters. The van der Waals surface area contributed by atoms with Crippen LogP contribution >= 0.6 is 24.0 Å². The smallest absolute Gasteiger partial charge is 0.226 e. The van der Waals surface area contributed by atoms with Crippen molar-refractivity contribution in [3.8, 4) is 11.5 Å². The maximum Gasteiger partial charge on any atom is 0.226 e. The first kappa shape index (κ1) is 25.3. The number of halogens is 1. The Morgan fingerprint density at radius 3 is 2.58 bits per heavy atom. The summed E-state index contributed by atoms with van der Waals surface area (Å²) in [6, 6.07) is 12.4. The lowest BCUT2D eigenvalue weighted by atomic mass is 10.1. The first-order chi connectivity index (χ1) is 15.7. The standard InChI is InChI=1S/C25H33N5O2.HI/c1-19-8-10-20(11-9-19)24-29-21(18-32-24)12-13-27-25(26-2)28-17-22(23-7-6-16-31-23)30-14-4-3-5-15-30;/h6-11,16,18,22H,3-5,12-15,17H2,1-2H3,(H2,26,27,28);1H. The number of likely N-dealkylation sites (tertiary alicyclic amines) is 1. The predicted octanol–water partition coefficient (Wildman–Crippen LogP) is 4.80. The number of benzene rings is 1. The zero-order valence-electron chi connectivity index (χ0n) is 19.4. The van der Waals surface area contributed by atoms with Gasteiger partial charge in [-0.1, -0.05) is 24.1 Å². The monoisotopic (exact) mass is 563 g/mol. The molecule has 2 N–H and O–H groups in total. The van der Waals surface area contributed by atoms with E-state index in [0.29, 0.717) is 12.4 Å². The topological polar surface area (TPSA) is 78.8 Å². The zero-order valence-corrected chi connectivity index (χ0v) is 21.7. The molecule has 4 rings (SSSR count). The molecule has 8 heteroatoms. The molecule has 1 atom stereocenters. The van der Waals surface area contributed by atoms with Crippen molar-refractivity contribution in [2.75, 3.05) is 33.2 Å². The van der Waals surface area contributed by atoms with Crippen LogP contribution in [-0.2, 0) is 6.42 Å². The highest BCUT2D eigenvalue weighted by molar-refractivity contribution is 14.0. The molecule has 0 bridgehead atoms. The van der Waals surface area contributed by atoms with Gasteiger partial charge in [0.25, 0.3) is 0 Å². The van der Waals surface area contributed by atoms with Crippen molar-refractivity contribution in [2.24, 2.45) is 4.99 Å². The maximum atomic E-state index is 5.74. The van der Waals surface area contributed by atoms with Crippen molar-refractivity contribution in [1.82, 2.24) is 20.5 Å². The van der Waals surface area contributed by atoms with Gasteiger partial charge in [-0.05, 0) is 57.1 Å². The van der Waals surface area contributed by atoms with Crippen LogP contribution in [0.2, 0.25) is 0 Å². The fraction of sp³-hybridized carbons (Fsp3) is 0.440. The molecule has 0 saturated carbocycles. The Morgan fingerprint density at radius 1 is 1.09 bits per heavy atom. The van der Waals surface area contributed by atoms with Crippen molar-refractivity contribution >= 4 is 29.9 Å². The van der Waals surface area contributed by atoms with Crippen LogP contribution in [-0.4, -0.2) is 49.1 Å². The summed E-state index contributed by atoms with van der Waals surface area (Å²) in [6.07, 6.45) is 8.03. The van der Waals surface area contributed by atoms with Gasteiger partial charge in [0.05, 0.1) is 18.0 Å². The van der Waals surface area contributed by atoms with Gasteiger partial charge in [0.2, 0.25) is 5.89 Å². The van der Waals surface area contributed by atoms with E-state index in [1.54, 1.807) is 19.6 Å². The summed E-state index contributed by atoms with van der Waals surface area (Å²) in [5.41, 5.74) is 3.14. The first-order valence-electron chi connectivity index (χ1n) is 11.5. The average Bonchev–Trinajstić information content (AvgIpc) is 3.52. The molecule has 3 heterocycles. The lowest BCUT2D eigenvalue weighted by molar-refractivity contribution is 0.146. The van der Waals surface area contributed by atoms with E-state index in [9.17, 15) is 0 Å². The van der Waals surface area contributed by atoms with Crippen LogP contribution in [0.5, 0.6) is 0 Å². The molecule has 0 aliphatic carbocycles. The minimum atomic E-state index is 0. The highest BCUT2D eigenvalue weighted by Gasteiger charge is 2.24. The third-order valence-electron chi connectivity index (χ3n) is 5.91. The number of guanidine groups is 1. The van der Waals surface area contributed by atoms with Crippen LogP contribution in [0.25, 0.3) is 11.5 Å². The third-order valence-corrected chi connectivity index (χ3v) is 5.91. The molecular weight excluding hydrogens is 529 g/mol.